The summed E-state index contributed by atoms with van der Waals surface area (Å²) in [4.78, 5) is 27.5. The number of anilines is 1. The van der Waals surface area contributed by atoms with E-state index in [4.69, 9.17) is 14.9 Å². The molecule has 3 N–H and O–H groups in total. The maximum atomic E-state index is 12.0. The summed E-state index contributed by atoms with van der Waals surface area (Å²) in [7, 11) is 0. The second-order valence-corrected chi connectivity index (χ2v) is 4.63. The summed E-state index contributed by atoms with van der Waals surface area (Å²) >= 11 is 0. The van der Waals surface area contributed by atoms with Crippen LogP contribution >= 0.6 is 0 Å². The highest BCUT2D eigenvalue weighted by Gasteiger charge is 2.23. The van der Waals surface area contributed by atoms with Crippen molar-refractivity contribution < 1.29 is 18.7 Å². The minimum absolute atomic E-state index is 0.178. The Balaban J connectivity index is 1.72. The van der Waals surface area contributed by atoms with E-state index in [1.54, 1.807) is 30.3 Å². The van der Waals surface area contributed by atoms with Crippen LogP contribution in [0, 0.1) is 0 Å². The number of rotatable bonds is 6. The summed E-state index contributed by atoms with van der Waals surface area (Å²) in [6, 6.07) is 8.32. The molecule has 3 aromatic rings. The summed E-state index contributed by atoms with van der Waals surface area (Å²) in [6.45, 7) is 0. The van der Waals surface area contributed by atoms with Gasteiger partial charge in [0, 0.05) is 11.8 Å². The number of nitrogens with two attached hydrogens (primary N) is 1. The summed E-state index contributed by atoms with van der Waals surface area (Å²) in [5.41, 5.74) is 6.21. The third kappa shape index (κ3) is 3.26. The standard InChI is InChI=1S/C15H12N4O4/c16-9-1-3-10(4-2-9)23-12-5-6-22-13(12)7-11(20)14(21)15-17-8-18-19-15/h1-6,8H,7,16H2,(H,17,18,19). The summed E-state index contributed by atoms with van der Waals surface area (Å²) in [6.07, 6.45) is 2.36. The van der Waals surface area contributed by atoms with Gasteiger partial charge in [-0.1, -0.05) is 0 Å². The highest BCUT2D eigenvalue weighted by molar-refractivity contribution is 6.43. The van der Waals surface area contributed by atoms with E-state index in [1.807, 2.05) is 0 Å². The van der Waals surface area contributed by atoms with Crippen LogP contribution in [0.1, 0.15) is 16.4 Å². The van der Waals surface area contributed by atoms with Crippen LogP contribution < -0.4 is 10.5 Å². The number of nitrogens with zero attached hydrogens (tertiary/aromatic N) is 2. The van der Waals surface area contributed by atoms with Crippen molar-refractivity contribution >= 4 is 17.3 Å². The first-order valence-electron chi connectivity index (χ1n) is 6.66. The van der Waals surface area contributed by atoms with E-state index in [9.17, 15) is 9.59 Å². The van der Waals surface area contributed by atoms with Crippen LogP contribution in [0.5, 0.6) is 11.5 Å². The van der Waals surface area contributed by atoms with Gasteiger partial charge in [0.2, 0.25) is 11.6 Å². The summed E-state index contributed by atoms with van der Waals surface area (Å²) in [5.74, 6) is -0.526. The molecule has 0 amide bonds. The zero-order valence-electron chi connectivity index (χ0n) is 11.9. The average molecular weight is 312 g/mol. The molecule has 0 aliphatic rings. The number of Topliss-reactive ketones (excluding diaryl/α,β-unsaturated/α-hetero) is 2. The molecule has 0 unspecified atom stereocenters. The SMILES string of the molecule is Nc1ccc(Oc2ccoc2CC(=O)C(=O)c2nc[nH]n2)cc1. The molecule has 2 aromatic heterocycles. The first-order chi connectivity index (χ1) is 11.1. The smallest absolute Gasteiger partial charge is 0.268 e. The normalized spacial score (nSPS) is 10.4. The number of nitrogens with one attached hydrogen (secondary N) is 1. The van der Waals surface area contributed by atoms with Crippen molar-refractivity contribution in [2.24, 2.45) is 0 Å². The number of H-pyrrole nitrogens is 1. The van der Waals surface area contributed by atoms with E-state index in [0.717, 1.165) is 0 Å². The number of ketones is 2. The molecule has 0 aliphatic carbocycles. The van der Waals surface area contributed by atoms with E-state index in [1.165, 1.54) is 12.6 Å². The largest absolute Gasteiger partial charge is 0.465 e. The van der Waals surface area contributed by atoms with Crippen molar-refractivity contribution in [1.82, 2.24) is 15.2 Å². The molecule has 0 saturated heterocycles. The number of benzene rings is 1. The van der Waals surface area contributed by atoms with E-state index < -0.39 is 11.6 Å². The van der Waals surface area contributed by atoms with Crippen molar-refractivity contribution in [3.05, 3.63) is 54.5 Å². The number of carbonyl (C=O) groups excluding carboxylic acids is 2. The number of furan rings is 1. The molecule has 0 radical (unpaired) electrons. The molecule has 8 heteroatoms. The molecule has 1 aromatic carbocycles. The van der Waals surface area contributed by atoms with Crippen molar-refractivity contribution in [2.75, 3.05) is 5.73 Å². The van der Waals surface area contributed by atoms with Gasteiger partial charge < -0.3 is 14.9 Å². The van der Waals surface area contributed by atoms with Gasteiger partial charge in [-0.15, -0.1) is 5.10 Å². The van der Waals surface area contributed by atoms with Gasteiger partial charge in [-0.2, -0.15) is 0 Å². The Morgan fingerprint density at radius 2 is 2.00 bits per heavy atom. The lowest BCUT2D eigenvalue weighted by atomic mass is 10.1. The zero-order valence-corrected chi connectivity index (χ0v) is 11.9. The highest BCUT2D eigenvalue weighted by atomic mass is 16.5. The Morgan fingerprint density at radius 3 is 2.70 bits per heavy atom. The maximum absolute atomic E-state index is 12.0. The van der Waals surface area contributed by atoms with Gasteiger partial charge in [0.15, 0.2) is 11.5 Å². The van der Waals surface area contributed by atoms with Crippen LogP contribution in [0.4, 0.5) is 5.69 Å². The maximum Gasteiger partial charge on any atom is 0.268 e. The van der Waals surface area contributed by atoms with E-state index in [-0.39, 0.29) is 18.0 Å². The Kier molecular flexibility index (Phi) is 3.88. The van der Waals surface area contributed by atoms with Crippen molar-refractivity contribution in [1.29, 1.82) is 0 Å². The fourth-order valence-electron chi connectivity index (χ4n) is 1.88. The van der Waals surface area contributed by atoms with Crippen LogP contribution in [-0.2, 0) is 11.2 Å². The highest BCUT2D eigenvalue weighted by Crippen LogP contribution is 2.27. The predicted molar refractivity (Wildman–Crippen MR) is 79.1 cm³/mol. The Hall–Kier alpha value is -3.42. The molecule has 116 valence electrons. The second kappa shape index (κ2) is 6.14. The van der Waals surface area contributed by atoms with E-state index in [0.29, 0.717) is 17.2 Å². The third-order valence-corrected chi connectivity index (χ3v) is 3.00. The summed E-state index contributed by atoms with van der Waals surface area (Å²) in [5, 5.41) is 5.97. The molecule has 2 heterocycles. The lowest BCUT2D eigenvalue weighted by molar-refractivity contribution is -0.114. The molecule has 0 spiro atoms. The topological polar surface area (TPSA) is 124 Å². The molecule has 0 atom stereocenters. The van der Waals surface area contributed by atoms with Crippen LogP contribution in [0.3, 0.4) is 0 Å². The molecule has 8 nitrogen and oxygen atoms in total. The van der Waals surface area contributed by atoms with Gasteiger partial charge in [-0.3, -0.25) is 14.7 Å². The zero-order chi connectivity index (χ0) is 16.2. The fraction of sp³-hybridized carbons (Fsp3) is 0.0667. The summed E-state index contributed by atoms with van der Waals surface area (Å²) < 4.78 is 10.9. The first-order valence-corrected chi connectivity index (χ1v) is 6.66. The number of hydrogen-bond acceptors (Lipinski definition) is 7. The molecule has 0 saturated carbocycles. The quantitative estimate of drug-likeness (QED) is 0.403. The van der Waals surface area contributed by atoms with Gasteiger partial charge in [0.1, 0.15) is 12.1 Å². The van der Waals surface area contributed by atoms with Crippen LogP contribution in [-0.4, -0.2) is 26.7 Å². The van der Waals surface area contributed by atoms with Crippen molar-refractivity contribution in [3.8, 4) is 11.5 Å². The number of ether oxygens (including phenoxy) is 1. The van der Waals surface area contributed by atoms with Gasteiger partial charge >= 0.3 is 0 Å². The monoisotopic (exact) mass is 312 g/mol. The fourth-order valence-corrected chi connectivity index (χ4v) is 1.88. The Labute approximate surface area is 130 Å². The number of carbonyl (C=O) groups is 2. The predicted octanol–water partition coefficient (Wildman–Crippen LogP) is 1.77. The third-order valence-electron chi connectivity index (χ3n) is 3.00. The van der Waals surface area contributed by atoms with Crippen LogP contribution in [0.15, 0.2) is 47.3 Å². The number of aromatic amines is 1. The van der Waals surface area contributed by atoms with E-state index in [2.05, 4.69) is 15.2 Å². The molecule has 23 heavy (non-hydrogen) atoms. The molecule has 0 aliphatic heterocycles. The minimum Gasteiger partial charge on any atom is -0.465 e. The van der Waals surface area contributed by atoms with Crippen molar-refractivity contribution in [2.45, 2.75) is 6.42 Å². The molecule has 0 fully saturated rings. The Morgan fingerprint density at radius 1 is 1.22 bits per heavy atom. The van der Waals surface area contributed by atoms with Crippen LogP contribution in [0.25, 0.3) is 0 Å². The lowest BCUT2D eigenvalue weighted by Crippen LogP contribution is -2.18. The van der Waals surface area contributed by atoms with Gasteiger partial charge in [-0.25, -0.2) is 4.98 Å². The van der Waals surface area contributed by atoms with Crippen LogP contribution in [0.2, 0.25) is 0 Å². The minimum atomic E-state index is -0.791. The molecule has 3 rings (SSSR count). The number of nitrogen functional groups attached to an aromatic ring is 1. The van der Waals surface area contributed by atoms with Gasteiger partial charge in [0.25, 0.3) is 5.78 Å². The Bertz CT molecular complexity index is 822. The molecule has 0 bridgehead atoms. The van der Waals surface area contributed by atoms with Gasteiger partial charge in [0.05, 0.1) is 12.7 Å². The van der Waals surface area contributed by atoms with E-state index >= 15 is 0 Å². The van der Waals surface area contributed by atoms with Gasteiger partial charge in [-0.05, 0) is 24.3 Å². The second-order valence-electron chi connectivity index (χ2n) is 4.63. The van der Waals surface area contributed by atoms with Crippen molar-refractivity contribution in [3.63, 3.8) is 0 Å². The molecular weight excluding hydrogens is 300 g/mol. The lowest BCUT2D eigenvalue weighted by Gasteiger charge is -2.05. The average Bonchev–Trinajstić information content (AvgIpc) is 3.21. The first kappa shape index (κ1) is 14.5. The number of aromatic nitrogens is 3. The number of hydrogen-bond donors (Lipinski definition) is 2. The molecular formula is C15H12N4O4.